The van der Waals surface area contributed by atoms with Gasteiger partial charge in [-0.15, -0.1) is 0 Å². The molecular formula is C6H14N2O2. The second kappa shape index (κ2) is 2.84. The maximum Gasteiger partial charge on any atom is 0.152 e. The van der Waals surface area contributed by atoms with Gasteiger partial charge in [0.15, 0.2) is 5.72 Å². The van der Waals surface area contributed by atoms with E-state index in [0.717, 1.165) is 11.6 Å². The fraction of sp³-hybridized carbons (Fsp3) is 1.00. The minimum absolute atomic E-state index is 0.444. The first kappa shape index (κ1) is 7.94. The zero-order valence-electron chi connectivity index (χ0n) is 6.17. The molecule has 0 aliphatic carbocycles. The van der Waals surface area contributed by atoms with Gasteiger partial charge in [-0.25, -0.2) is 0 Å². The van der Waals surface area contributed by atoms with E-state index in [1.165, 1.54) is 0 Å². The van der Waals surface area contributed by atoms with Crippen molar-refractivity contribution in [3.8, 4) is 0 Å². The zero-order valence-corrected chi connectivity index (χ0v) is 6.17. The first-order valence-electron chi connectivity index (χ1n) is 3.58. The van der Waals surface area contributed by atoms with Gasteiger partial charge in [0, 0.05) is 19.6 Å². The Hall–Kier alpha value is -0.160. The van der Waals surface area contributed by atoms with Crippen LogP contribution in [-0.2, 0) is 0 Å². The number of aliphatic hydroxyl groups is 1. The highest BCUT2D eigenvalue weighted by molar-refractivity contribution is 4.80. The minimum Gasteiger partial charge on any atom is -0.372 e. The monoisotopic (exact) mass is 146 g/mol. The highest BCUT2D eigenvalue weighted by atomic mass is 16.5. The molecule has 0 radical (unpaired) electrons. The zero-order chi connectivity index (χ0) is 7.61. The molecule has 1 unspecified atom stereocenters. The van der Waals surface area contributed by atoms with Crippen molar-refractivity contribution in [1.29, 1.82) is 0 Å². The SMILES string of the molecule is CCC1(O)CNCCN1O. The molecule has 4 nitrogen and oxygen atoms in total. The molecule has 0 spiro atoms. The van der Waals surface area contributed by atoms with Crippen LogP contribution in [-0.4, -0.2) is 40.7 Å². The number of hydrogen-bond acceptors (Lipinski definition) is 4. The Morgan fingerprint density at radius 2 is 2.40 bits per heavy atom. The van der Waals surface area contributed by atoms with E-state index in [2.05, 4.69) is 5.32 Å². The molecule has 1 rings (SSSR count). The molecule has 0 bridgehead atoms. The average Bonchev–Trinajstić information content (AvgIpc) is 1.96. The number of piperazine rings is 1. The predicted octanol–water partition coefficient (Wildman–Crippen LogP) is -0.621. The van der Waals surface area contributed by atoms with Crippen LogP contribution in [0.15, 0.2) is 0 Å². The summed E-state index contributed by atoms with van der Waals surface area (Å²) in [5, 5.41) is 22.7. The first-order chi connectivity index (χ1) is 4.69. The van der Waals surface area contributed by atoms with Crippen molar-refractivity contribution in [2.75, 3.05) is 19.6 Å². The van der Waals surface area contributed by atoms with Crippen molar-refractivity contribution in [1.82, 2.24) is 10.4 Å². The van der Waals surface area contributed by atoms with Crippen LogP contribution < -0.4 is 5.32 Å². The molecule has 4 heteroatoms. The lowest BCUT2D eigenvalue weighted by molar-refractivity contribution is -0.270. The van der Waals surface area contributed by atoms with Crippen LogP contribution in [0, 0.1) is 0 Å². The fourth-order valence-corrected chi connectivity index (χ4v) is 1.08. The summed E-state index contributed by atoms with van der Waals surface area (Å²) in [5.74, 6) is 0. The van der Waals surface area contributed by atoms with Crippen LogP contribution >= 0.6 is 0 Å². The molecule has 1 saturated heterocycles. The highest BCUT2D eigenvalue weighted by Gasteiger charge is 2.33. The maximum atomic E-state index is 9.56. The largest absolute Gasteiger partial charge is 0.372 e. The van der Waals surface area contributed by atoms with Crippen LogP contribution in [0.4, 0.5) is 0 Å². The molecule has 1 atom stereocenters. The summed E-state index contributed by atoms with van der Waals surface area (Å²) in [6, 6.07) is 0. The van der Waals surface area contributed by atoms with Gasteiger partial charge in [0.25, 0.3) is 0 Å². The van der Waals surface area contributed by atoms with Crippen molar-refractivity contribution >= 4 is 0 Å². The Morgan fingerprint density at radius 3 is 2.80 bits per heavy atom. The summed E-state index contributed by atoms with van der Waals surface area (Å²) < 4.78 is 0. The molecule has 60 valence electrons. The van der Waals surface area contributed by atoms with Crippen molar-refractivity contribution in [3.63, 3.8) is 0 Å². The van der Waals surface area contributed by atoms with Gasteiger partial charge in [-0.05, 0) is 6.42 Å². The molecule has 0 amide bonds. The summed E-state index contributed by atoms with van der Waals surface area (Å²) in [6.45, 7) is 3.51. The summed E-state index contributed by atoms with van der Waals surface area (Å²) in [4.78, 5) is 0. The molecule has 1 aliphatic rings. The van der Waals surface area contributed by atoms with Gasteiger partial charge in [-0.2, -0.15) is 5.06 Å². The second-order valence-corrected chi connectivity index (χ2v) is 2.64. The first-order valence-corrected chi connectivity index (χ1v) is 3.58. The van der Waals surface area contributed by atoms with E-state index in [1.54, 1.807) is 0 Å². The topological polar surface area (TPSA) is 55.7 Å². The Morgan fingerprint density at radius 1 is 1.70 bits per heavy atom. The Labute approximate surface area is 60.4 Å². The summed E-state index contributed by atoms with van der Waals surface area (Å²) in [7, 11) is 0. The number of hydrogen-bond donors (Lipinski definition) is 3. The van der Waals surface area contributed by atoms with E-state index in [9.17, 15) is 10.3 Å². The van der Waals surface area contributed by atoms with E-state index < -0.39 is 5.72 Å². The molecule has 1 aliphatic heterocycles. The van der Waals surface area contributed by atoms with Crippen molar-refractivity contribution in [3.05, 3.63) is 0 Å². The number of nitrogens with zero attached hydrogens (tertiary/aromatic N) is 1. The van der Waals surface area contributed by atoms with Crippen molar-refractivity contribution < 1.29 is 10.3 Å². The minimum atomic E-state index is -1.04. The lowest BCUT2D eigenvalue weighted by atomic mass is 10.1. The number of nitrogens with one attached hydrogen (secondary N) is 1. The number of β-amino-alcohol motifs (C(OH)–C–C–N with tert-alkyl or cyclic N) is 1. The van der Waals surface area contributed by atoms with Crippen LogP contribution in [0.3, 0.4) is 0 Å². The van der Waals surface area contributed by atoms with Gasteiger partial charge < -0.3 is 15.6 Å². The lowest BCUT2D eigenvalue weighted by Crippen LogP contribution is -2.59. The third-order valence-electron chi connectivity index (χ3n) is 1.96. The van der Waals surface area contributed by atoms with E-state index in [4.69, 9.17) is 0 Å². The molecule has 1 fully saturated rings. The van der Waals surface area contributed by atoms with Crippen LogP contribution in [0.1, 0.15) is 13.3 Å². The van der Waals surface area contributed by atoms with Gasteiger partial charge in [0.05, 0.1) is 0 Å². The normalized spacial score (nSPS) is 36.3. The van der Waals surface area contributed by atoms with Gasteiger partial charge >= 0.3 is 0 Å². The molecule has 1 heterocycles. The Kier molecular flexibility index (Phi) is 2.25. The number of rotatable bonds is 1. The fourth-order valence-electron chi connectivity index (χ4n) is 1.08. The molecule has 0 aromatic heterocycles. The molecule has 3 N–H and O–H groups in total. The predicted molar refractivity (Wildman–Crippen MR) is 36.6 cm³/mol. The third kappa shape index (κ3) is 1.29. The Balaban J connectivity index is 2.54. The summed E-state index contributed by atoms with van der Waals surface area (Å²) >= 11 is 0. The van der Waals surface area contributed by atoms with Gasteiger partial charge in [0.1, 0.15) is 0 Å². The van der Waals surface area contributed by atoms with E-state index >= 15 is 0 Å². The lowest BCUT2D eigenvalue weighted by Gasteiger charge is -2.38. The quantitative estimate of drug-likeness (QED) is 0.461. The smallest absolute Gasteiger partial charge is 0.152 e. The van der Waals surface area contributed by atoms with Crippen LogP contribution in [0.2, 0.25) is 0 Å². The van der Waals surface area contributed by atoms with Crippen molar-refractivity contribution in [2.45, 2.75) is 19.1 Å². The van der Waals surface area contributed by atoms with Crippen LogP contribution in [0.25, 0.3) is 0 Å². The van der Waals surface area contributed by atoms with Crippen molar-refractivity contribution in [2.24, 2.45) is 0 Å². The molecule has 0 aromatic rings. The third-order valence-corrected chi connectivity index (χ3v) is 1.96. The van der Waals surface area contributed by atoms with Gasteiger partial charge in [-0.1, -0.05) is 6.92 Å². The second-order valence-electron chi connectivity index (χ2n) is 2.64. The standard InChI is InChI=1S/C6H14N2O2/c1-2-6(9)5-7-3-4-8(6)10/h7,9-10H,2-5H2,1H3. The summed E-state index contributed by atoms with van der Waals surface area (Å²) in [6.07, 6.45) is 0.538. The highest BCUT2D eigenvalue weighted by Crippen LogP contribution is 2.14. The Bertz CT molecular complexity index is 120. The number of hydroxylamine groups is 2. The molecule has 0 saturated carbocycles. The molecule has 10 heavy (non-hydrogen) atoms. The average molecular weight is 146 g/mol. The van der Waals surface area contributed by atoms with E-state index in [1.807, 2.05) is 6.92 Å². The van der Waals surface area contributed by atoms with Gasteiger partial charge in [0.2, 0.25) is 0 Å². The summed E-state index contributed by atoms with van der Waals surface area (Å²) in [5.41, 5.74) is -1.04. The van der Waals surface area contributed by atoms with E-state index in [0.29, 0.717) is 19.5 Å². The maximum absolute atomic E-state index is 9.56. The van der Waals surface area contributed by atoms with Crippen LogP contribution in [0.5, 0.6) is 0 Å². The van der Waals surface area contributed by atoms with Gasteiger partial charge in [-0.3, -0.25) is 0 Å². The molecular weight excluding hydrogens is 132 g/mol. The molecule has 0 aromatic carbocycles. The van der Waals surface area contributed by atoms with E-state index in [-0.39, 0.29) is 0 Å².